The molecule has 0 radical (unpaired) electrons. The maximum Gasteiger partial charge on any atom is 0.165 e. The molecule has 0 aliphatic rings. The van der Waals surface area contributed by atoms with Crippen LogP contribution in [-0.4, -0.2) is 20.6 Å². The van der Waals surface area contributed by atoms with E-state index in [-0.39, 0.29) is 5.41 Å². The highest BCUT2D eigenvalue weighted by Crippen LogP contribution is 2.33. The predicted molar refractivity (Wildman–Crippen MR) is 106 cm³/mol. The largest absolute Gasteiger partial charge is 0.367 e. The third kappa shape index (κ3) is 3.49. The summed E-state index contributed by atoms with van der Waals surface area (Å²) in [5, 5.41) is 8.84. The summed E-state index contributed by atoms with van der Waals surface area (Å²) >= 11 is 6.41. The molecular formula is C20H25ClN4. The van der Waals surface area contributed by atoms with Gasteiger partial charge in [0, 0.05) is 33.7 Å². The van der Waals surface area contributed by atoms with E-state index < -0.39 is 0 Å². The molecule has 3 rings (SSSR count). The number of rotatable bonds is 4. The summed E-state index contributed by atoms with van der Waals surface area (Å²) in [7, 11) is 0. The zero-order chi connectivity index (χ0) is 18.2. The minimum atomic E-state index is -0.0599. The van der Waals surface area contributed by atoms with Crippen LogP contribution in [0.4, 0.5) is 5.82 Å². The third-order valence-corrected chi connectivity index (χ3v) is 4.74. The SMILES string of the molecule is CCC(C)Nc1cc(C(C)(C)C)nc2c(-c3ccccc3Cl)cnn12. The van der Waals surface area contributed by atoms with E-state index in [2.05, 4.69) is 51.1 Å². The molecule has 2 aromatic heterocycles. The lowest BCUT2D eigenvalue weighted by Crippen LogP contribution is -2.20. The van der Waals surface area contributed by atoms with E-state index in [0.29, 0.717) is 11.1 Å². The molecule has 132 valence electrons. The quantitative estimate of drug-likeness (QED) is 0.665. The zero-order valence-corrected chi connectivity index (χ0v) is 16.2. The molecule has 0 bridgehead atoms. The molecule has 1 atom stereocenters. The van der Waals surface area contributed by atoms with Crippen LogP contribution in [0.3, 0.4) is 0 Å². The molecular weight excluding hydrogens is 332 g/mol. The molecule has 0 saturated carbocycles. The van der Waals surface area contributed by atoms with Crippen molar-refractivity contribution in [2.24, 2.45) is 0 Å². The number of fused-ring (bicyclic) bond motifs is 1. The van der Waals surface area contributed by atoms with Crippen LogP contribution in [0.25, 0.3) is 16.8 Å². The maximum absolute atomic E-state index is 6.41. The van der Waals surface area contributed by atoms with Gasteiger partial charge in [0.2, 0.25) is 0 Å². The highest BCUT2D eigenvalue weighted by atomic mass is 35.5. The Labute approximate surface area is 154 Å². The van der Waals surface area contributed by atoms with Crippen molar-refractivity contribution >= 4 is 23.1 Å². The molecule has 4 nitrogen and oxygen atoms in total. The molecule has 25 heavy (non-hydrogen) atoms. The summed E-state index contributed by atoms with van der Waals surface area (Å²) in [6, 6.07) is 10.3. The molecule has 0 aliphatic carbocycles. The topological polar surface area (TPSA) is 42.2 Å². The molecule has 5 heteroatoms. The minimum Gasteiger partial charge on any atom is -0.367 e. The van der Waals surface area contributed by atoms with Crippen molar-refractivity contribution < 1.29 is 0 Å². The van der Waals surface area contributed by atoms with Crippen LogP contribution in [0.5, 0.6) is 0 Å². The van der Waals surface area contributed by atoms with Crippen LogP contribution >= 0.6 is 11.6 Å². The second kappa shape index (κ2) is 6.68. The highest BCUT2D eigenvalue weighted by molar-refractivity contribution is 6.33. The molecule has 1 aromatic carbocycles. The minimum absolute atomic E-state index is 0.0599. The highest BCUT2D eigenvalue weighted by Gasteiger charge is 2.21. The molecule has 0 spiro atoms. The molecule has 0 fully saturated rings. The van der Waals surface area contributed by atoms with E-state index in [4.69, 9.17) is 16.6 Å². The number of hydrogen-bond donors (Lipinski definition) is 1. The summed E-state index contributed by atoms with van der Waals surface area (Å²) in [5.41, 5.74) is 3.69. The van der Waals surface area contributed by atoms with E-state index in [0.717, 1.165) is 34.7 Å². The van der Waals surface area contributed by atoms with Crippen molar-refractivity contribution in [3.05, 3.63) is 47.2 Å². The molecule has 1 N–H and O–H groups in total. The Hall–Kier alpha value is -2.07. The van der Waals surface area contributed by atoms with Gasteiger partial charge in [0.15, 0.2) is 5.65 Å². The van der Waals surface area contributed by atoms with Gasteiger partial charge in [-0.05, 0) is 19.4 Å². The Morgan fingerprint density at radius 2 is 1.92 bits per heavy atom. The number of benzene rings is 1. The zero-order valence-electron chi connectivity index (χ0n) is 15.5. The van der Waals surface area contributed by atoms with Gasteiger partial charge >= 0.3 is 0 Å². The third-order valence-electron chi connectivity index (χ3n) is 4.41. The van der Waals surface area contributed by atoms with Crippen molar-refractivity contribution in [1.29, 1.82) is 0 Å². The van der Waals surface area contributed by atoms with E-state index in [1.807, 2.05) is 35.0 Å². The van der Waals surface area contributed by atoms with E-state index >= 15 is 0 Å². The van der Waals surface area contributed by atoms with Crippen molar-refractivity contribution in [1.82, 2.24) is 14.6 Å². The van der Waals surface area contributed by atoms with Gasteiger partial charge in [0.25, 0.3) is 0 Å². The number of nitrogens with one attached hydrogen (secondary N) is 1. The van der Waals surface area contributed by atoms with Gasteiger partial charge in [-0.2, -0.15) is 9.61 Å². The lowest BCUT2D eigenvalue weighted by atomic mass is 9.92. The average Bonchev–Trinajstić information content (AvgIpc) is 2.98. The Balaban J connectivity index is 2.25. The van der Waals surface area contributed by atoms with Crippen LogP contribution in [0.1, 0.15) is 46.7 Å². The first kappa shape index (κ1) is 17.7. The normalized spacial score (nSPS) is 13.2. The fraction of sp³-hybridized carbons (Fsp3) is 0.400. The number of aromatic nitrogens is 3. The van der Waals surface area contributed by atoms with Gasteiger partial charge in [-0.1, -0.05) is 57.5 Å². The van der Waals surface area contributed by atoms with Crippen LogP contribution in [-0.2, 0) is 5.41 Å². The Kier molecular flexibility index (Phi) is 4.74. The van der Waals surface area contributed by atoms with E-state index in [1.54, 1.807) is 0 Å². The summed E-state index contributed by atoms with van der Waals surface area (Å²) in [5.74, 6) is 0.961. The number of halogens is 1. The maximum atomic E-state index is 6.41. The first-order valence-electron chi connectivity index (χ1n) is 8.72. The monoisotopic (exact) mass is 356 g/mol. The summed E-state index contributed by atoms with van der Waals surface area (Å²) in [6.07, 6.45) is 2.88. The first-order chi connectivity index (χ1) is 11.8. The van der Waals surface area contributed by atoms with Gasteiger partial charge < -0.3 is 5.32 Å². The van der Waals surface area contributed by atoms with E-state index in [9.17, 15) is 0 Å². The number of anilines is 1. The van der Waals surface area contributed by atoms with Gasteiger partial charge in [0.05, 0.1) is 11.9 Å². The molecule has 0 amide bonds. The molecule has 2 heterocycles. The average molecular weight is 357 g/mol. The van der Waals surface area contributed by atoms with Crippen molar-refractivity contribution in [3.8, 4) is 11.1 Å². The van der Waals surface area contributed by atoms with Crippen molar-refractivity contribution in [2.75, 3.05) is 5.32 Å². The van der Waals surface area contributed by atoms with Crippen molar-refractivity contribution in [2.45, 2.75) is 52.5 Å². The van der Waals surface area contributed by atoms with Crippen molar-refractivity contribution in [3.63, 3.8) is 0 Å². The fourth-order valence-corrected chi connectivity index (χ4v) is 2.91. The Bertz CT molecular complexity index is 892. The lowest BCUT2D eigenvalue weighted by molar-refractivity contribution is 0.568. The van der Waals surface area contributed by atoms with Crippen LogP contribution < -0.4 is 5.32 Å². The summed E-state index contributed by atoms with van der Waals surface area (Å²) in [6.45, 7) is 10.8. The smallest absolute Gasteiger partial charge is 0.165 e. The van der Waals surface area contributed by atoms with E-state index in [1.165, 1.54) is 0 Å². The van der Waals surface area contributed by atoms with Gasteiger partial charge in [-0.15, -0.1) is 0 Å². The molecule has 3 aromatic rings. The second-order valence-corrected chi connectivity index (χ2v) is 7.91. The fourth-order valence-electron chi connectivity index (χ4n) is 2.67. The standard InChI is InChI=1S/C20H25ClN4/c1-6-13(2)23-18-11-17(20(3,4)5)24-19-15(12-22-25(18)19)14-9-7-8-10-16(14)21/h7-13,23H,6H2,1-5H3. The van der Waals surface area contributed by atoms with Crippen LogP contribution in [0.15, 0.2) is 36.5 Å². The summed E-state index contributed by atoms with van der Waals surface area (Å²) in [4.78, 5) is 4.92. The van der Waals surface area contributed by atoms with Crippen LogP contribution in [0.2, 0.25) is 5.02 Å². The first-order valence-corrected chi connectivity index (χ1v) is 9.09. The van der Waals surface area contributed by atoms with Crippen LogP contribution in [0, 0.1) is 0 Å². The Morgan fingerprint density at radius 1 is 1.20 bits per heavy atom. The van der Waals surface area contributed by atoms with Gasteiger partial charge in [-0.25, -0.2) is 4.98 Å². The molecule has 0 saturated heterocycles. The van der Waals surface area contributed by atoms with Gasteiger partial charge in [-0.3, -0.25) is 0 Å². The Morgan fingerprint density at radius 3 is 2.56 bits per heavy atom. The summed E-state index contributed by atoms with van der Waals surface area (Å²) < 4.78 is 1.88. The number of hydrogen-bond acceptors (Lipinski definition) is 3. The lowest BCUT2D eigenvalue weighted by Gasteiger charge is -2.21. The van der Waals surface area contributed by atoms with Gasteiger partial charge in [0.1, 0.15) is 5.82 Å². The molecule has 0 aliphatic heterocycles. The predicted octanol–water partition coefficient (Wildman–Crippen LogP) is 5.56. The number of nitrogens with zero attached hydrogens (tertiary/aromatic N) is 3. The second-order valence-electron chi connectivity index (χ2n) is 7.50. The molecule has 1 unspecified atom stereocenters.